The molecular weight excluding hydrogens is 189 g/mol. The SMILES string of the molecule is CC(C)(C)C(CF)Cc1ccc(N)cc1. The molecule has 0 radical (unpaired) electrons. The first kappa shape index (κ1) is 12.0. The number of nitrogens with two attached hydrogens (primary N) is 1. The molecule has 15 heavy (non-hydrogen) atoms. The molecule has 1 aromatic rings. The van der Waals surface area contributed by atoms with Crippen molar-refractivity contribution < 1.29 is 4.39 Å². The molecule has 1 aromatic carbocycles. The van der Waals surface area contributed by atoms with Crippen LogP contribution in [0.2, 0.25) is 0 Å². The number of halogens is 1. The third kappa shape index (κ3) is 3.54. The number of hydrogen-bond acceptors (Lipinski definition) is 1. The fraction of sp³-hybridized carbons (Fsp3) is 0.538. The molecule has 1 unspecified atom stereocenters. The van der Waals surface area contributed by atoms with E-state index in [2.05, 4.69) is 20.8 Å². The maximum absolute atomic E-state index is 12.9. The van der Waals surface area contributed by atoms with E-state index in [9.17, 15) is 4.39 Å². The van der Waals surface area contributed by atoms with Crippen molar-refractivity contribution in [3.63, 3.8) is 0 Å². The highest BCUT2D eigenvalue weighted by molar-refractivity contribution is 5.39. The summed E-state index contributed by atoms with van der Waals surface area (Å²) in [5.41, 5.74) is 7.52. The summed E-state index contributed by atoms with van der Waals surface area (Å²) in [7, 11) is 0. The van der Waals surface area contributed by atoms with Gasteiger partial charge in [0.1, 0.15) is 0 Å². The summed E-state index contributed by atoms with van der Waals surface area (Å²) >= 11 is 0. The topological polar surface area (TPSA) is 26.0 Å². The van der Waals surface area contributed by atoms with Crippen molar-refractivity contribution in [3.05, 3.63) is 29.8 Å². The van der Waals surface area contributed by atoms with Crippen molar-refractivity contribution in [2.75, 3.05) is 12.4 Å². The van der Waals surface area contributed by atoms with Crippen LogP contribution in [0.15, 0.2) is 24.3 Å². The van der Waals surface area contributed by atoms with Crippen LogP contribution in [0.25, 0.3) is 0 Å². The van der Waals surface area contributed by atoms with Gasteiger partial charge in [0.25, 0.3) is 0 Å². The molecule has 0 spiro atoms. The third-order valence-corrected chi connectivity index (χ3v) is 2.87. The molecule has 0 aliphatic carbocycles. The number of alkyl halides is 1. The van der Waals surface area contributed by atoms with Gasteiger partial charge in [-0.25, -0.2) is 0 Å². The van der Waals surface area contributed by atoms with Crippen LogP contribution in [0.5, 0.6) is 0 Å². The maximum Gasteiger partial charge on any atom is 0.0930 e. The van der Waals surface area contributed by atoms with Gasteiger partial charge in [-0.3, -0.25) is 4.39 Å². The lowest BCUT2D eigenvalue weighted by atomic mass is 9.78. The molecule has 1 rings (SSSR count). The van der Waals surface area contributed by atoms with Crippen molar-refractivity contribution in [2.45, 2.75) is 27.2 Å². The molecule has 0 aromatic heterocycles. The molecule has 1 nitrogen and oxygen atoms in total. The van der Waals surface area contributed by atoms with Crippen LogP contribution in [-0.2, 0) is 6.42 Å². The zero-order valence-electron chi connectivity index (χ0n) is 9.76. The van der Waals surface area contributed by atoms with Crippen molar-refractivity contribution in [3.8, 4) is 0 Å². The molecule has 84 valence electrons. The summed E-state index contributed by atoms with van der Waals surface area (Å²) in [5.74, 6) is 0.0705. The van der Waals surface area contributed by atoms with Crippen LogP contribution in [0.3, 0.4) is 0 Å². The summed E-state index contributed by atoms with van der Waals surface area (Å²) in [6.45, 7) is 5.96. The smallest absolute Gasteiger partial charge is 0.0930 e. The summed E-state index contributed by atoms with van der Waals surface area (Å²) in [5, 5.41) is 0. The Hall–Kier alpha value is -1.05. The lowest BCUT2D eigenvalue weighted by molar-refractivity contribution is 0.190. The Bertz CT molecular complexity index is 297. The van der Waals surface area contributed by atoms with Gasteiger partial charge in [0.15, 0.2) is 0 Å². The predicted molar refractivity (Wildman–Crippen MR) is 63.5 cm³/mol. The lowest BCUT2D eigenvalue weighted by Crippen LogP contribution is -2.24. The second-order valence-corrected chi connectivity index (χ2v) is 5.16. The second-order valence-electron chi connectivity index (χ2n) is 5.16. The van der Waals surface area contributed by atoms with E-state index in [1.54, 1.807) is 0 Å². The van der Waals surface area contributed by atoms with Gasteiger partial charge in [0.05, 0.1) is 6.67 Å². The standard InChI is InChI=1S/C13H20FN/c1-13(2,3)11(9-14)8-10-4-6-12(15)7-5-10/h4-7,11H,8-9,15H2,1-3H3. The average molecular weight is 209 g/mol. The Kier molecular flexibility index (Phi) is 3.72. The van der Waals surface area contributed by atoms with Gasteiger partial charge in [0, 0.05) is 5.69 Å². The Morgan fingerprint density at radius 1 is 1.20 bits per heavy atom. The average Bonchev–Trinajstić information content (AvgIpc) is 2.15. The molecule has 0 bridgehead atoms. The van der Waals surface area contributed by atoms with E-state index in [0.717, 1.165) is 17.7 Å². The first-order valence-electron chi connectivity index (χ1n) is 5.34. The van der Waals surface area contributed by atoms with E-state index in [-0.39, 0.29) is 18.0 Å². The van der Waals surface area contributed by atoms with Crippen LogP contribution >= 0.6 is 0 Å². The normalized spacial score (nSPS) is 13.9. The predicted octanol–water partition coefficient (Wildman–Crippen LogP) is 3.44. The molecule has 0 aliphatic rings. The molecule has 0 saturated carbocycles. The lowest BCUT2D eigenvalue weighted by Gasteiger charge is -2.28. The van der Waals surface area contributed by atoms with Crippen LogP contribution in [0, 0.1) is 11.3 Å². The molecule has 2 N–H and O–H groups in total. The zero-order chi connectivity index (χ0) is 11.5. The van der Waals surface area contributed by atoms with Gasteiger partial charge in [-0.2, -0.15) is 0 Å². The molecule has 0 aliphatic heterocycles. The van der Waals surface area contributed by atoms with Crippen molar-refractivity contribution in [1.82, 2.24) is 0 Å². The molecule has 0 saturated heterocycles. The van der Waals surface area contributed by atoms with Crippen LogP contribution in [-0.4, -0.2) is 6.67 Å². The van der Waals surface area contributed by atoms with Gasteiger partial charge >= 0.3 is 0 Å². The van der Waals surface area contributed by atoms with E-state index >= 15 is 0 Å². The van der Waals surface area contributed by atoms with Crippen molar-refractivity contribution >= 4 is 5.69 Å². The fourth-order valence-corrected chi connectivity index (χ4v) is 1.53. The summed E-state index contributed by atoms with van der Waals surface area (Å²) in [6.07, 6.45) is 0.778. The largest absolute Gasteiger partial charge is 0.399 e. The summed E-state index contributed by atoms with van der Waals surface area (Å²) in [6, 6.07) is 7.69. The Morgan fingerprint density at radius 2 is 1.73 bits per heavy atom. The number of benzene rings is 1. The Balaban J connectivity index is 2.71. The van der Waals surface area contributed by atoms with E-state index in [1.165, 1.54) is 0 Å². The van der Waals surface area contributed by atoms with Gasteiger partial charge < -0.3 is 5.73 Å². The monoisotopic (exact) mass is 209 g/mol. The minimum Gasteiger partial charge on any atom is -0.399 e. The molecule has 2 heteroatoms. The molecule has 0 amide bonds. The van der Waals surface area contributed by atoms with Gasteiger partial charge in [-0.05, 0) is 35.4 Å². The zero-order valence-corrected chi connectivity index (χ0v) is 9.76. The first-order chi connectivity index (χ1) is 6.93. The third-order valence-electron chi connectivity index (χ3n) is 2.87. The van der Waals surface area contributed by atoms with Crippen LogP contribution in [0.4, 0.5) is 10.1 Å². The Labute approximate surface area is 91.5 Å². The van der Waals surface area contributed by atoms with E-state index in [0.29, 0.717) is 0 Å². The fourth-order valence-electron chi connectivity index (χ4n) is 1.53. The Morgan fingerprint density at radius 3 is 2.13 bits per heavy atom. The highest BCUT2D eigenvalue weighted by Crippen LogP contribution is 2.29. The minimum absolute atomic E-state index is 0.0101. The first-order valence-corrected chi connectivity index (χ1v) is 5.34. The van der Waals surface area contributed by atoms with E-state index < -0.39 is 0 Å². The van der Waals surface area contributed by atoms with Crippen molar-refractivity contribution in [2.24, 2.45) is 11.3 Å². The highest BCUT2D eigenvalue weighted by atomic mass is 19.1. The minimum atomic E-state index is -0.270. The van der Waals surface area contributed by atoms with Crippen LogP contribution in [0.1, 0.15) is 26.3 Å². The molecule has 0 fully saturated rings. The van der Waals surface area contributed by atoms with Gasteiger partial charge in [-0.1, -0.05) is 32.9 Å². The number of anilines is 1. The number of rotatable bonds is 3. The van der Waals surface area contributed by atoms with E-state index in [4.69, 9.17) is 5.73 Å². The summed E-state index contributed by atoms with van der Waals surface area (Å²) in [4.78, 5) is 0. The second kappa shape index (κ2) is 4.65. The number of nitrogen functional groups attached to an aromatic ring is 1. The van der Waals surface area contributed by atoms with Crippen LogP contribution < -0.4 is 5.73 Å². The molecular formula is C13H20FN. The maximum atomic E-state index is 12.9. The highest BCUT2D eigenvalue weighted by Gasteiger charge is 2.24. The van der Waals surface area contributed by atoms with E-state index in [1.807, 2.05) is 24.3 Å². The summed E-state index contributed by atoms with van der Waals surface area (Å²) < 4.78 is 12.9. The van der Waals surface area contributed by atoms with Gasteiger partial charge in [0.2, 0.25) is 0 Å². The quantitative estimate of drug-likeness (QED) is 0.758. The number of hydrogen-bond donors (Lipinski definition) is 1. The molecule has 0 heterocycles. The van der Waals surface area contributed by atoms with Crippen molar-refractivity contribution in [1.29, 1.82) is 0 Å². The van der Waals surface area contributed by atoms with Gasteiger partial charge in [-0.15, -0.1) is 0 Å². The molecule has 1 atom stereocenters.